The molecule has 0 atom stereocenters. The van der Waals surface area contributed by atoms with Crippen LogP contribution in [0.5, 0.6) is 0 Å². The zero-order valence-electron chi connectivity index (χ0n) is 13.8. The van der Waals surface area contributed by atoms with Crippen molar-refractivity contribution in [2.24, 2.45) is 0 Å². The largest absolute Gasteiger partial charge is 0.550 e. The van der Waals surface area contributed by atoms with Crippen LogP contribution in [-0.4, -0.2) is 37.1 Å². The topological polar surface area (TPSA) is 40.1 Å². The second-order valence-electron chi connectivity index (χ2n) is 5.62. The maximum Gasteiger partial charge on any atom is 0.0781 e. The van der Waals surface area contributed by atoms with E-state index >= 15 is 0 Å². The summed E-state index contributed by atoms with van der Waals surface area (Å²) in [5.74, 6) is -0.932. The second-order valence-corrected chi connectivity index (χ2v) is 5.62. The molecular weight excluding hydrogens is 238 g/mol. The smallest absolute Gasteiger partial charge is 0.0781 e. The van der Waals surface area contributed by atoms with Gasteiger partial charge in [-0.2, -0.15) is 0 Å². The maximum atomic E-state index is 9.76. The Morgan fingerprint density at radius 3 is 1.53 bits per heavy atom. The fourth-order valence-corrected chi connectivity index (χ4v) is 2.47. The van der Waals surface area contributed by atoms with Crippen molar-refractivity contribution in [2.45, 2.75) is 72.6 Å². The molecule has 0 radical (unpaired) electrons. The van der Waals surface area contributed by atoms with Gasteiger partial charge in [-0.3, -0.25) is 0 Å². The molecule has 19 heavy (non-hydrogen) atoms. The van der Waals surface area contributed by atoms with Crippen molar-refractivity contribution in [1.29, 1.82) is 0 Å². The summed E-state index contributed by atoms with van der Waals surface area (Å²) in [6, 6.07) is 0. The van der Waals surface area contributed by atoms with Gasteiger partial charge in [0.25, 0.3) is 0 Å². The molecule has 0 aliphatic rings. The molecule has 0 fully saturated rings. The van der Waals surface area contributed by atoms with E-state index in [0.717, 1.165) is 19.3 Å². The number of carboxylic acid groups (broad SMARTS) is 1. The number of nitrogens with zero attached hydrogens (tertiary/aromatic N) is 1. The fraction of sp³-hybridized carbons (Fsp3) is 0.938. The van der Waals surface area contributed by atoms with Crippen LogP contribution in [0.2, 0.25) is 0 Å². The second kappa shape index (κ2) is 13.9. The van der Waals surface area contributed by atoms with E-state index in [-0.39, 0.29) is 6.42 Å². The molecule has 0 amide bonds. The Kier molecular flexibility index (Phi) is 15.1. The molecule has 0 aromatic rings. The van der Waals surface area contributed by atoms with Crippen molar-refractivity contribution in [3.8, 4) is 0 Å². The Morgan fingerprint density at radius 2 is 1.26 bits per heavy atom. The van der Waals surface area contributed by atoms with E-state index in [0.29, 0.717) is 0 Å². The molecule has 3 heteroatoms. The van der Waals surface area contributed by atoms with E-state index < -0.39 is 5.97 Å². The fourth-order valence-electron chi connectivity index (χ4n) is 2.47. The zero-order valence-corrected chi connectivity index (χ0v) is 13.8. The minimum atomic E-state index is -0.932. The number of quaternary nitrogens is 1. The lowest BCUT2D eigenvalue weighted by Crippen LogP contribution is -2.45. The van der Waals surface area contributed by atoms with Crippen LogP contribution in [0.1, 0.15) is 72.6 Å². The first-order chi connectivity index (χ1) is 8.95. The molecule has 0 aromatic heterocycles. The molecule has 3 nitrogen and oxygen atoms in total. The number of unbranched alkanes of at least 4 members (excludes halogenated alkanes) is 2. The van der Waals surface area contributed by atoms with Gasteiger partial charge in [0.2, 0.25) is 0 Å². The number of carbonyl (C=O) groups is 1. The van der Waals surface area contributed by atoms with Gasteiger partial charge >= 0.3 is 0 Å². The van der Waals surface area contributed by atoms with Gasteiger partial charge in [0.1, 0.15) is 0 Å². The predicted molar refractivity (Wildman–Crippen MR) is 80.8 cm³/mol. The Morgan fingerprint density at radius 1 is 0.842 bits per heavy atom. The SMILES string of the molecule is CCCCCC(=O)[O-].CCC[N+](C)(CCC)CCC. The van der Waals surface area contributed by atoms with Crippen LogP contribution in [0, 0.1) is 0 Å². The average molecular weight is 273 g/mol. The van der Waals surface area contributed by atoms with Crippen LogP contribution in [0.25, 0.3) is 0 Å². The summed E-state index contributed by atoms with van der Waals surface area (Å²) in [6.45, 7) is 12.9. The molecule has 0 aliphatic carbocycles. The monoisotopic (exact) mass is 273 g/mol. The molecule has 0 N–H and O–H groups in total. The normalized spacial score (nSPS) is 10.8. The van der Waals surface area contributed by atoms with Gasteiger partial charge in [-0.05, 0) is 32.1 Å². The lowest BCUT2D eigenvalue weighted by Gasteiger charge is -2.33. The lowest BCUT2D eigenvalue weighted by atomic mass is 10.2. The molecule has 0 saturated carbocycles. The third-order valence-corrected chi connectivity index (χ3v) is 3.27. The summed E-state index contributed by atoms with van der Waals surface area (Å²) in [6.07, 6.45) is 6.98. The Balaban J connectivity index is 0. The van der Waals surface area contributed by atoms with Gasteiger partial charge in [-0.15, -0.1) is 0 Å². The van der Waals surface area contributed by atoms with E-state index in [1.165, 1.54) is 43.4 Å². The third kappa shape index (κ3) is 15.4. The first-order valence-corrected chi connectivity index (χ1v) is 7.99. The highest BCUT2D eigenvalue weighted by atomic mass is 16.4. The van der Waals surface area contributed by atoms with Crippen molar-refractivity contribution >= 4 is 5.97 Å². The Hall–Kier alpha value is -0.570. The predicted octanol–water partition coefficient (Wildman–Crippen LogP) is 2.98. The highest BCUT2D eigenvalue weighted by Gasteiger charge is 2.16. The lowest BCUT2D eigenvalue weighted by molar-refractivity contribution is -0.909. The Labute approximate surface area is 120 Å². The molecule has 0 bridgehead atoms. The summed E-state index contributed by atoms with van der Waals surface area (Å²) in [4.78, 5) is 9.76. The van der Waals surface area contributed by atoms with E-state index in [2.05, 4.69) is 27.8 Å². The van der Waals surface area contributed by atoms with E-state index in [1.54, 1.807) is 0 Å². The number of aliphatic carboxylic acids is 1. The van der Waals surface area contributed by atoms with E-state index in [4.69, 9.17) is 0 Å². The van der Waals surface area contributed by atoms with Gasteiger partial charge < -0.3 is 14.4 Å². The van der Waals surface area contributed by atoms with Crippen molar-refractivity contribution in [1.82, 2.24) is 0 Å². The van der Waals surface area contributed by atoms with Gasteiger partial charge in [0.05, 0.1) is 26.7 Å². The molecule has 0 spiro atoms. The zero-order chi connectivity index (χ0) is 15.1. The van der Waals surface area contributed by atoms with Crippen LogP contribution < -0.4 is 5.11 Å². The average Bonchev–Trinajstić information content (AvgIpc) is 2.30. The molecule has 0 unspecified atom stereocenters. The molecular formula is C16H35NO2. The van der Waals surface area contributed by atoms with Crippen molar-refractivity contribution in [2.75, 3.05) is 26.7 Å². The summed E-state index contributed by atoms with van der Waals surface area (Å²) >= 11 is 0. The van der Waals surface area contributed by atoms with Gasteiger partial charge in [0.15, 0.2) is 0 Å². The quantitative estimate of drug-likeness (QED) is 0.453. The standard InChI is InChI=1S/C10H24N.C6H12O2/c1-5-8-11(4,9-6-2)10-7-3;1-2-3-4-5-6(7)8/h5-10H2,1-4H3;2-5H2,1H3,(H,7,8)/q+1;/p-1. The van der Waals surface area contributed by atoms with Crippen LogP contribution in [0.15, 0.2) is 0 Å². The minimum absolute atomic E-state index is 0.216. The van der Waals surface area contributed by atoms with Crippen molar-refractivity contribution < 1.29 is 14.4 Å². The third-order valence-electron chi connectivity index (χ3n) is 3.27. The van der Waals surface area contributed by atoms with Crippen LogP contribution in [0.4, 0.5) is 0 Å². The molecule has 0 aliphatic heterocycles. The number of hydrogen-bond acceptors (Lipinski definition) is 2. The molecule has 0 heterocycles. The molecule has 0 saturated heterocycles. The highest BCUT2D eigenvalue weighted by molar-refractivity contribution is 5.63. The first-order valence-electron chi connectivity index (χ1n) is 7.99. The van der Waals surface area contributed by atoms with Crippen LogP contribution in [0.3, 0.4) is 0 Å². The number of hydrogen-bond donors (Lipinski definition) is 0. The van der Waals surface area contributed by atoms with Crippen molar-refractivity contribution in [3.05, 3.63) is 0 Å². The molecule has 116 valence electrons. The van der Waals surface area contributed by atoms with Gasteiger partial charge in [0, 0.05) is 5.97 Å². The summed E-state index contributed by atoms with van der Waals surface area (Å²) in [5.41, 5.74) is 0. The van der Waals surface area contributed by atoms with Crippen LogP contribution >= 0.6 is 0 Å². The van der Waals surface area contributed by atoms with Crippen LogP contribution in [-0.2, 0) is 4.79 Å². The van der Waals surface area contributed by atoms with E-state index in [9.17, 15) is 9.90 Å². The number of rotatable bonds is 10. The molecule has 0 aromatic carbocycles. The number of carbonyl (C=O) groups excluding carboxylic acids is 1. The summed E-state index contributed by atoms with van der Waals surface area (Å²) < 4.78 is 1.28. The number of carboxylic acids is 1. The summed E-state index contributed by atoms with van der Waals surface area (Å²) in [7, 11) is 2.39. The molecule has 0 rings (SSSR count). The van der Waals surface area contributed by atoms with Gasteiger partial charge in [-0.1, -0.05) is 40.5 Å². The minimum Gasteiger partial charge on any atom is -0.550 e. The first kappa shape index (κ1) is 20.7. The maximum absolute atomic E-state index is 9.76. The Bertz CT molecular complexity index is 188. The van der Waals surface area contributed by atoms with E-state index in [1.807, 2.05) is 6.92 Å². The highest BCUT2D eigenvalue weighted by Crippen LogP contribution is 2.06. The van der Waals surface area contributed by atoms with Gasteiger partial charge in [-0.25, -0.2) is 0 Å². The summed E-state index contributed by atoms with van der Waals surface area (Å²) in [5, 5.41) is 9.76. The van der Waals surface area contributed by atoms with Crippen molar-refractivity contribution in [3.63, 3.8) is 0 Å².